The molecular formula is C16H20N2O3S. The molecule has 0 bridgehead atoms. The van der Waals surface area contributed by atoms with Crippen molar-refractivity contribution in [3.63, 3.8) is 0 Å². The number of aryl methyl sites for hydroxylation is 3. The average Bonchev–Trinajstić information content (AvgIpc) is 2.81. The molecule has 0 radical (unpaired) electrons. The summed E-state index contributed by atoms with van der Waals surface area (Å²) in [5.41, 5.74) is 1.81. The number of benzene rings is 1. The van der Waals surface area contributed by atoms with Crippen molar-refractivity contribution in [3.8, 4) is 5.75 Å². The fourth-order valence-corrected chi connectivity index (χ4v) is 2.83. The van der Waals surface area contributed by atoms with E-state index in [4.69, 9.17) is 4.74 Å². The predicted octanol–water partition coefficient (Wildman–Crippen LogP) is 2.24. The van der Waals surface area contributed by atoms with E-state index in [0.717, 1.165) is 10.6 Å². The van der Waals surface area contributed by atoms with Crippen molar-refractivity contribution >= 4 is 17.2 Å². The third-order valence-corrected chi connectivity index (χ3v) is 4.11. The van der Waals surface area contributed by atoms with Crippen molar-refractivity contribution in [1.82, 2.24) is 10.3 Å². The van der Waals surface area contributed by atoms with Gasteiger partial charge in [0.2, 0.25) is 0 Å². The number of carbonyl (C=O) groups is 1. The fraction of sp³-hybridized carbons (Fsp3) is 0.375. The van der Waals surface area contributed by atoms with Crippen LogP contribution in [0.4, 0.5) is 0 Å². The Kier molecular flexibility index (Phi) is 5.51. The lowest BCUT2D eigenvalue weighted by molar-refractivity contribution is 0.0846. The quantitative estimate of drug-likeness (QED) is 0.856. The Hall–Kier alpha value is -1.92. The van der Waals surface area contributed by atoms with Gasteiger partial charge < -0.3 is 15.2 Å². The monoisotopic (exact) mass is 320 g/mol. The number of thiazole rings is 1. The van der Waals surface area contributed by atoms with Crippen molar-refractivity contribution in [2.24, 2.45) is 0 Å². The van der Waals surface area contributed by atoms with Crippen molar-refractivity contribution in [2.75, 3.05) is 13.2 Å². The third kappa shape index (κ3) is 4.54. The summed E-state index contributed by atoms with van der Waals surface area (Å²) in [5, 5.41) is 13.5. The summed E-state index contributed by atoms with van der Waals surface area (Å²) in [5.74, 6) is 0.497. The maximum atomic E-state index is 12.0. The highest BCUT2D eigenvalue weighted by Gasteiger charge is 2.15. The van der Waals surface area contributed by atoms with Gasteiger partial charge >= 0.3 is 0 Å². The number of nitrogens with one attached hydrogen (secondary N) is 1. The molecule has 118 valence electrons. The summed E-state index contributed by atoms with van der Waals surface area (Å²) in [6, 6.07) is 7.60. The van der Waals surface area contributed by atoms with E-state index in [1.165, 1.54) is 11.3 Å². The molecule has 6 heteroatoms. The van der Waals surface area contributed by atoms with Crippen LogP contribution in [-0.2, 0) is 0 Å². The zero-order valence-corrected chi connectivity index (χ0v) is 13.7. The molecule has 1 heterocycles. The van der Waals surface area contributed by atoms with Crippen LogP contribution in [0.2, 0.25) is 0 Å². The summed E-state index contributed by atoms with van der Waals surface area (Å²) in [7, 11) is 0. The molecule has 0 aliphatic heterocycles. The highest BCUT2D eigenvalue weighted by molar-refractivity contribution is 7.13. The molecule has 0 aliphatic carbocycles. The first-order valence-electron chi connectivity index (χ1n) is 7.05. The molecule has 0 spiro atoms. The van der Waals surface area contributed by atoms with Gasteiger partial charge in [0, 0.05) is 6.54 Å². The summed E-state index contributed by atoms with van der Waals surface area (Å²) in [6.07, 6.45) is -0.765. The molecule has 1 atom stereocenters. The molecular weight excluding hydrogens is 300 g/mol. The number of nitrogens with zero attached hydrogens (tertiary/aromatic N) is 1. The highest BCUT2D eigenvalue weighted by Crippen LogP contribution is 2.16. The first-order chi connectivity index (χ1) is 10.5. The number of amides is 1. The molecule has 1 amide bonds. The smallest absolute Gasteiger partial charge is 0.263 e. The van der Waals surface area contributed by atoms with Gasteiger partial charge in [0.15, 0.2) is 0 Å². The fourth-order valence-electron chi connectivity index (χ4n) is 1.99. The minimum atomic E-state index is -0.765. The zero-order valence-electron chi connectivity index (χ0n) is 12.9. The maximum absolute atomic E-state index is 12.0. The maximum Gasteiger partial charge on any atom is 0.263 e. The Bertz CT molecular complexity index is 655. The van der Waals surface area contributed by atoms with E-state index in [1.54, 1.807) is 6.92 Å². The molecule has 0 aliphatic rings. The average molecular weight is 320 g/mol. The second-order valence-electron chi connectivity index (χ2n) is 5.14. The van der Waals surface area contributed by atoms with Crippen molar-refractivity contribution in [2.45, 2.75) is 26.9 Å². The van der Waals surface area contributed by atoms with E-state index >= 15 is 0 Å². The second-order valence-corrected chi connectivity index (χ2v) is 6.34. The minimum absolute atomic E-state index is 0.129. The molecule has 2 N–H and O–H groups in total. The summed E-state index contributed by atoms with van der Waals surface area (Å²) in [6.45, 7) is 5.91. The predicted molar refractivity (Wildman–Crippen MR) is 86.6 cm³/mol. The molecule has 1 unspecified atom stereocenters. The minimum Gasteiger partial charge on any atom is -0.491 e. The van der Waals surface area contributed by atoms with Crippen LogP contribution < -0.4 is 10.1 Å². The molecule has 1 aromatic carbocycles. The molecule has 2 aromatic rings. The van der Waals surface area contributed by atoms with Crippen LogP contribution in [-0.4, -0.2) is 35.3 Å². The number of ether oxygens (including phenoxy) is 1. The van der Waals surface area contributed by atoms with Crippen molar-refractivity contribution in [1.29, 1.82) is 0 Å². The Morgan fingerprint density at radius 3 is 2.82 bits per heavy atom. The lowest BCUT2D eigenvalue weighted by Gasteiger charge is -2.13. The number of rotatable bonds is 6. The van der Waals surface area contributed by atoms with E-state index in [-0.39, 0.29) is 19.1 Å². The largest absolute Gasteiger partial charge is 0.491 e. The van der Waals surface area contributed by atoms with Gasteiger partial charge in [-0.1, -0.05) is 12.1 Å². The summed E-state index contributed by atoms with van der Waals surface area (Å²) >= 11 is 1.35. The van der Waals surface area contributed by atoms with Crippen LogP contribution in [0.25, 0.3) is 0 Å². The lowest BCUT2D eigenvalue weighted by atomic mass is 10.2. The van der Waals surface area contributed by atoms with Crippen LogP contribution in [0.5, 0.6) is 5.75 Å². The van der Waals surface area contributed by atoms with Crippen LogP contribution >= 0.6 is 11.3 Å². The van der Waals surface area contributed by atoms with Gasteiger partial charge in [0.1, 0.15) is 23.3 Å². The van der Waals surface area contributed by atoms with Crippen molar-refractivity contribution in [3.05, 3.63) is 45.4 Å². The SMILES string of the molecule is Cc1cccc(OCC(O)CNC(=O)c2sc(C)nc2C)c1. The number of carbonyl (C=O) groups excluding carboxylic acids is 1. The van der Waals surface area contributed by atoms with Gasteiger partial charge in [-0.25, -0.2) is 4.98 Å². The van der Waals surface area contributed by atoms with Gasteiger partial charge in [-0.2, -0.15) is 0 Å². The van der Waals surface area contributed by atoms with E-state index in [0.29, 0.717) is 16.3 Å². The highest BCUT2D eigenvalue weighted by atomic mass is 32.1. The second kappa shape index (κ2) is 7.38. The first-order valence-corrected chi connectivity index (χ1v) is 7.87. The molecule has 0 fully saturated rings. The number of hydrogen-bond donors (Lipinski definition) is 2. The number of aliphatic hydroxyl groups excluding tert-OH is 1. The lowest BCUT2D eigenvalue weighted by Crippen LogP contribution is -2.35. The molecule has 2 rings (SSSR count). The van der Waals surface area contributed by atoms with Gasteiger partial charge in [-0.05, 0) is 38.5 Å². The number of aromatic nitrogens is 1. The van der Waals surface area contributed by atoms with E-state index in [9.17, 15) is 9.90 Å². The van der Waals surface area contributed by atoms with Crippen LogP contribution in [0.1, 0.15) is 25.9 Å². The molecule has 22 heavy (non-hydrogen) atoms. The molecule has 0 saturated heterocycles. The summed E-state index contributed by atoms with van der Waals surface area (Å²) in [4.78, 5) is 16.8. The van der Waals surface area contributed by atoms with Crippen LogP contribution in [0.3, 0.4) is 0 Å². The van der Waals surface area contributed by atoms with Crippen LogP contribution in [0, 0.1) is 20.8 Å². The number of aliphatic hydroxyl groups is 1. The first kappa shape index (κ1) is 16.5. The van der Waals surface area contributed by atoms with Crippen LogP contribution in [0.15, 0.2) is 24.3 Å². The Labute approximate surface area is 134 Å². The zero-order chi connectivity index (χ0) is 16.1. The van der Waals surface area contributed by atoms with Gasteiger partial charge in [-0.15, -0.1) is 11.3 Å². The third-order valence-electron chi connectivity index (χ3n) is 3.04. The normalized spacial score (nSPS) is 12.0. The van der Waals surface area contributed by atoms with Gasteiger partial charge in [-0.3, -0.25) is 4.79 Å². The molecule has 0 saturated carbocycles. The van der Waals surface area contributed by atoms with E-state index in [1.807, 2.05) is 38.1 Å². The summed E-state index contributed by atoms with van der Waals surface area (Å²) < 4.78 is 5.50. The van der Waals surface area contributed by atoms with E-state index in [2.05, 4.69) is 10.3 Å². The Morgan fingerprint density at radius 1 is 1.41 bits per heavy atom. The Balaban J connectivity index is 1.79. The van der Waals surface area contributed by atoms with Gasteiger partial charge in [0.25, 0.3) is 5.91 Å². The van der Waals surface area contributed by atoms with Gasteiger partial charge in [0.05, 0.1) is 10.7 Å². The molecule has 1 aromatic heterocycles. The van der Waals surface area contributed by atoms with Crippen molar-refractivity contribution < 1.29 is 14.6 Å². The standard InChI is InChI=1S/C16H20N2O3S/c1-10-5-4-6-14(7-10)21-9-13(19)8-17-16(20)15-11(2)18-12(3)22-15/h4-7,13,19H,8-9H2,1-3H3,(H,17,20). The Morgan fingerprint density at radius 2 is 2.18 bits per heavy atom. The number of hydrogen-bond acceptors (Lipinski definition) is 5. The topological polar surface area (TPSA) is 71.5 Å². The molecule has 5 nitrogen and oxygen atoms in total. The van der Waals surface area contributed by atoms with E-state index < -0.39 is 6.10 Å².